The number of benzene rings is 2. The van der Waals surface area contributed by atoms with Gasteiger partial charge in [-0.15, -0.1) is 0 Å². The van der Waals surface area contributed by atoms with Crippen LogP contribution in [-0.2, 0) is 34.9 Å². The Morgan fingerprint density at radius 1 is 0.613 bits per heavy atom. The number of anilines is 2. The Hall–Kier alpha value is -0.897. The van der Waals surface area contributed by atoms with E-state index in [-0.39, 0.29) is 35.6 Å². The topological polar surface area (TPSA) is 24.9 Å². The molecule has 0 saturated carbocycles. The van der Waals surface area contributed by atoms with Gasteiger partial charge in [-0.25, -0.2) is 0 Å². The SMILES string of the molecule is CN(C)c1cccc(C(C)(C)C)c1[O][Zr+2][O]c1c(N(C)C)cccc1C(C)(C)C.[Cl-].[Cl-]. The van der Waals surface area contributed by atoms with Crippen molar-refractivity contribution in [2.24, 2.45) is 0 Å². The molecule has 4 nitrogen and oxygen atoms in total. The first-order valence-corrected chi connectivity index (χ1v) is 12.0. The molecule has 0 atom stereocenters. The van der Waals surface area contributed by atoms with Crippen LogP contribution in [0.3, 0.4) is 0 Å². The number of hydrogen-bond acceptors (Lipinski definition) is 4. The van der Waals surface area contributed by atoms with Crippen molar-refractivity contribution >= 4 is 11.4 Å². The number of nitrogens with zero attached hydrogens (tertiary/aromatic N) is 2. The molecule has 0 unspecified atom stereocenters. The third-order valence-corrected chi connectivity index (χ3v) is 6.27. The van der Waals surface area contributed by atoms with Crippen LogP contribution in [-0.4, -0.2) is 28.2 Å². The van der Waals surface area contributed by atoms with Gasteiger partial charge >= 0.3 is 191 Å². The van der Waals surface area contributed by atoms with E-state index < -0.39 is 24.1 Å². The van der Waals surface area contributed by atoms with Gasteiger partial charge in [0.2, 0.25) is 0 Å². The van der Waals surface area contributed by atoms with Gasteiger partial charge < -0.3 is 24.8 Å². The van der Waals surface area contributed by atoms with Gasteiger partial charge in [0.05, 0.1) is 0 Å². The van der Waals surface area contributed by atoms with Crippen LogP contribution < -0.4 is 40.2 Å². The fourth-order valence-electron chi connectivity index (χ4n) is 3.25. The largest absolute Gasteiger partial charge is 1.00 e. The number of para-hydroxylation sites is 2. The normalized spacial score (nSPS) is 10.9. The average molecular weight is 547 g/mol. The van der Waals surface area contributed by atoms with Crippen molar-refractivity contribution in [2.45, 2.75) is 52.4 Å². The molecule has 172 valence electrons. The Morgan fingerprint density at radius 2 is 0.935 bits per heavy atom. The minimum Gasteiger partial charge on any atom is -1.00 e. The Labute approximate surface area is 214 Å². The molecular formula is C24H36Cl2N2O2Zr. The zero-order chi connectivity index (χ0) is 22.0. The van der Waals surface area contributed by atoms with Gasteiger partial charge in [0, 0.05) is 0 Å². The summed E-state index contributed by atoms with van der Waals surface area (Å²) in [6, 6.07) is 12.8. The quantitative estimate of drug-likeness (QED) is 0.501. The Morgan fingerprint density at radius 3 is 1.19 bits per heavy atom. The molecule has 0 radical (unpaired) electrons. The molecule has 0 spiro atoms. The van der Waals surface area contributed by atoms with E-state index in [1.165, 1.54) is 11.1 Å². The molecule has 0 aromatic heterocycles. The molecular weight excluding hydrogens is 510 g/mol. The van der Waals surface area contributed by atoms with Crippen LogP contribution in [0.2, 0.25) is 0 Å². The number of hydrogen-bond donors (Lipinski definition) is 0. The number of halogens is 2. The van der Waals surface area contributed by atoms with Crippen molar-refractivity contribution < 1.29 is 54.6 Å². The molecule has 2 aromatic carbocycles. The molecule has 0 saturated heterocycles. The van der Waals surface area contributed by atoms with E-state index in [1.54, 1.807) is 0 Å². The molecule has 7 heteroatoms. The average Bonchev–Trinajstić information content (AvgIpc) is 2.59. The second-order valence-electron chi connectivity index (χ2n) is 9.88. The summed E-state index contributed by atoms with van der Waals surface area (Å²) < 4.78 is 12.9. The summed E-state index contributed by atoms with van der Waals surface area (Å²) in [4.78, 5) is 4.22. The van der Waals surface area contributed by atoms with Crippen LogP contribution in [0.5, 0.6) is 11.5 Å². The molecule has 0 amide bonds. The maximum atomic E-state index is 6.45. The fraction of sp³-hybridized carbons (Fsp3) is 0.500. The summed E-state index contributed by atoms with van der Waals surface area (Å²) in [6.07, 6.45) is 0. The fourth-order valence-corrected chi connectivity index (χ4v) is 4.82. The molecule has 0 aliphatic heterocycles. The van der Waals surface area contributed by atoms with Gasteiger partial charge in [0.15, 0.2) is 0 Å². The van der Waals surface area contributed by atoms with Gasteiger partial charge in [-0.2, -0.15) is 0 Å². The zero-order valence-corrected chi connectivity index (χ0v) is 24.4. The van der Waals surface area contributed by atoms with Crippen molar-refractivity contribution in [3.05, 3.63) is 47.5 Å². The molecule has 2 aromatic rings. The summed E-state index contributed by atoms with van der Waals surface area (Å²) >= 11 is -1.63. The van der Waals surface area contributed by atoms with Crippen LogP contribution in [0.4, 0.5) is 11.4 Å². The van der Waals surface area contributed by atoms with Crippen molar-refractivity contribution in [3.8, 4) is 11.5 Å². The molecule has 0 fully saturated rings. The van der Waals surface area contributed by atoms with Gasteiger partial charge in [-0.1, -0.05) is 0 Å². The molecule has 0 aliphatic rings. The maximum Gasteiger partial charge on any atom is -1.00 e. The van der Waals surface area contributed by atoms with Crippen LogP contribution in [0.15, 0.2) is 36.4 Å². The minimum atomic E-state index is -1.63. The van der Waals surface area contributed by atoms with E-state index in [0.29, 0.717) is 0 Å². The van der Waals surface area contributed by atoms with Crippen molar-refractivity contribution in [1.29, 1.82) is 0 Å². The molecule has 0 N–H and O–H groups in total. The van der Waals surface area contributed by atoms with Crippen molar-refractivity contribution in [1.82, 2.24) is 0 Å². The van der Waals surface area contributed by atoms with Crippen LogP contribution in [0.1, 0.15) is 52.7 Å². The monoisotopic (exact) mass is 544 g/mol. The summed E-state index contributed by atoms with van der Waals surface area (Å²) in [5, 5.41) is 0. The molecule has 31 heavy (non-hydrogen) atoms. The van der Waals surface area contributed by atoms with Gasteiger partial charge in [0.25, 0.3) is 0 Å². The van der Waals surface area contributed by atoms with E-state index in [9.17, 15) is 0 Å². The van der Waals surface area contributed by atoms with E-state index in [1.807, 2.05) is 0 Å². The minimum absolute atomic E-state index is 0. The summed E-state index contributed by atoms with van der Waals surface area (Å²) in [5.74, 6) is 1.91. The Kier molecular flexibility index (Phi) is 11.5. The van der Waals surface area contributed by atoms with E-state index in [4.69, 9.17) is 5.63 Å². The van der Waals surface area contributed by atoms with Crippen molar-refractivity contribution in [2.75, 3.05) is 38.0 Å². The summed E-state index contributed by atoms with van der Waals surface area (Å²) in [7, 11) is 8.22. The van der Waals surface area contributed by atoms with Crippen molar-refractivity contribution in [3.63, 3.8) is 0 Å². The zero-order valence-electron chi connectivity index (χ0n) is 20.4. The second-order valence-corrected chi connectivity index (χ2v) is 11.3. The molecule has 0 aliphatic carbocycles. The van der Waals surface area contributed by atoms with E-state index in [0.717, 1.165) is 22.9 Å². The van der Waals surface area contributed by atoms with Gasteiger partial charge in [-0.3, -0.25) is 0 Å². The first-order valence-electron chi connectivity index (χ1n) is 10.0. The van der Waals surface area contributed by atoms with Crippen LogP contribution >= 0.6 is 0 Å². The third kappa shape index (κ3) is 7.58. The number of rotatable bonds is 6. The summed E-state index contributed by atoms with van der Waals surface area (Å²) in [6.45, 7) is 13.3. The third-order valence-electron chi connectivity index (χ3n) is 4.86. The molecule has 0 heterocycles. The van der Waals surface area contributed by atoms with Crippen LogP contribution in [0, 0.1) is 0 Å². The molecule has 0 bridgehead atoms. The first-order chi connectivity index (χ1) is 13.3. The Balaban J connectivity index is 0.00000450. The summed E-state index contributed by atoms with van der Waals surface area (Å²) in [5.41, 5.74) is 4.62. The standard InChI is InChI=1S/2C12H19NO.2ClH.Zr/c2*1-12(2,3)9-7-6-8-10(11(9)14)13(4)5;;;/h2*6-8,14H,1-5H3;2*1H;/q;;;;+4/p-4. The molecule has 2 rings (SSSR count). The Bertz CT molecular complexity index is 775. The maximum absolute atomic E-state index is 6.45. The van der Waals surface area contributed by atoms with Gasteiger partial charge in [0.1, 0.15) is 0 Å². The smallest absolute Gasteiger partial charge is 1.00 e. The van der Waals surface area contributed by atoms with E-state index >= 15 is 0 Å². The second kappa shape index (κ2) is 11.8. The van der Waals surface area contributed by atoms with Crippen LogP contribution in [0.25, 0.3) is 0 Å². The predicted octanol–water partition coefficient (Wildman–Crippen LogP) is -0.208. The van der Waals surface area contributed by atoms with E-state index in [2.05, 4.69) is 116 Å². The first kappa shape index (κ1) is 30.1. The van der Waals surface area contributed by atoms with Gasteiger partial charge in [-0.05, 0) is 0 Å². The predicted molar refractivity (Wildman–Crippen MR) is 120 cm³/mol.